The molecule has 0 radical (unpaired) electrons. The first-order valence-electron chi connectivity index (χ1n) is 7.36. The van der Waals surface area contributed by atoms with E-state index >= 15 is 0 Å². The van der Waals surface area contributed by atoms with Crippen LogP contribution in [-0.4, -0.2) is 16.8 Å². The molecule has 22 heavy (non-hydrogen) atoms. The van der Waals surface area contributed by atoms with Crippen molar-refractivity contribution in [3.05, 3.63) is 46.8 Å². The Morgan fingerprint density at radius 3 is 2.77 bits per heavy atom. The Bertz CT molecular complexity index is 630. The first-order chi connectivity index (χ1) is 10.5. The molecule has 0 fully saturated rings. The molecule has 0 aliphatic rings. The fourth-order valence-corrected chi connectivity index (χ4v) is 3.10. The fraction of sp³-hybridized carbons (Fsp3) is 0.412. The number of aryl methyl sites for hydroxylation is 2. The van der Waals surface area contributed by atoms with Gasteiger partial charge in [0.2, 0.25) is 5.91 Å². The van der Waals surface area contributed by atoms with Gasteiger partial charge in [0, 0.05) is 17.0 Å². The average Bonchev–Trinajstić information content (AvgIpc) is 2.79. The molecule has 1 aromatic heterocycles. The number of carbonyl (C=O) groups is 1. The summed E-state index contributed by atoms with van der Waals surface area (Å²) >= 11 is 1.57. The Morgan fingerprint density at radius 1 is 1.36 bits per heavy atom. The number of anilines is 1. The van der Waals surface area contributed by atoms with Gasteiger partial charge in [-0.15, -0.1) is 11.8 Å². The number of hydrogen-bond acceptors (Lipinski definition) is 4. The van der Waals surface area contributed by atoms with E-state index in [1.54, 1.807) is 11.8 Å². The van der Waals surface area contributed by atoms with Crippen LogP contribution >= 0.6 is 11.8 Å². The zero-order chi connectivity index (χ0) is 16.1. The molecule has 4 nitrogen and oxygen atoms in total. The van der Waals surface area contributed by atoms with Crippen LogP contribution in [0.25, 0.3) is 0 Å². The van der Waals surface area contributed by atoms with Gasteiger partial charge in [0.05, 0.1) is 11.4 Å². The molecule has 0 aliphatic carbocycles. The Labute approximate surface area is 135 Å². The number of carbonyl (C=O) groups excluding carboxylic acids is 1. The number of amides is 1. The van der Waals surface area contributed by atoms with E-state index in [0.29, 0.717) is 11.7 Å². The van der Waals surface area contributed by atoms with Crippen molar-refractivity contribution in [2.24, 2.45) is 0 Å². The second kappa shape index (κ2) is 7.49. The van der Waals surface area contributed by atoms with E-state index < -0.39 is 0 Å². The van der Waals surface area contributed by atoms with Gasteiger partial charge >= 0.3 is 0 Å². The summed E-state index contributed by atoms with van der Waals surface area (Å²) in [6, 6.07) is 8.00. The number of nitrogens with one attached hydrogen (secondary N) is 1. The second-order valence-corrected chi connectivity index (χ2v) is 6.61. The summed E-state index contributed by atoms with van der Waals surface area (Å²) < 4.78 is 5.12. The molecule has 0 bridgehead atoms. The molecule has 1 amide bonds. The molecule has 1 heterocycles. The fourth-order valence-electron chi connectivity index (χ4n) is 2.13. The maximum atomic E-state index is 12.0. The van der Waals surface area contributed by atoms with Crippen molar-refractivity contribution in [3.8, 4) is 0 Å². The molecule has 2 aromatic rings. The molecule has 0 atom stereocenters. The minimum absolute atomic E-state index is 0.0117. The van der Waals surface area contributed by atoms with Gasteiger partial charge in [-0.1, -0.05) is 31.1 Å². The van der Waals surface area contributed by atoms with Gasteiger partial charge in [0.15, 0.2) is 0 Å². The van der Waals surface area contributed by atoms with Crippen molar-refractivity contribution < 1.29 is 9.32 Å². The molecule has 118 valence electrons. The lowest BCUT2D eigenvalue weighted by Crippen LogP contribution is -2.14. The van der Waals surface area contributed by atoms with Gasteiger partial charge in [-0.3, -0.25) is 4.79 Å². The van der Waals surface area contributed by atoms with Crippen molar-refractivity contribution in [3.63, 3.8) is 0 Å². The van der Waals surface area contributed by atoms with Crippen LogP contribution in [0.1, 0.15) is 42.3 Å². The van der Waals surface area contributed by atoms with Crippen LogP contribution in [0.4, 0.5) is 5.69 Å². The quantitative estimate of drug-likeness (QED) is 0.863. The SMILES string of the molecule is Cc1noc(C)c1CSCC(=O)Nc1cccc(C(C)C)c1. The molecule has 5 heteroatoms. The van der Waals surface area contributed by atoms with E-state index in [1.165, 1.54) is 5.56 Å². The molecule has 1 aromatic carbocycles. The zero-order valence-corrected chi connectivity index (χ0v) is 14.3. The van der Waals surface area contributed by atoms with Gasteiger partial charge in [0.25, 0.3) is 0 Å². The highest BCUT2D eigenvalue weighted by Crippen LogP contribution is 2.21. The highest BCUT2D eigenvalue weighted by molar-refractivity contribution is 7.99. The molecule has 0 unspecified atom stereocenters. The van der Waals surface area contributed by atoms with Crippen LogP contribution in [0.2, 0.25) is 0 Å². The van der Waals surface area contributed by atoms with Crippen LogP contribution < -0.4 is 5.32 Å². The first-order valence-corrected chi connectivity index (χ1v) is 8.52. The monoisotopic (exact) mass is 318 g/mol. The van der Waals surface area contributed by atoms with Crippen molar-refractivity contribution in [1.29, 1.82) is 0 Å². The summed E-state index contributed by atoms with van der Waals surface area (Å²) in [6.45, 7) is 8.10. The third-order valence-corrected chi connectivity index (χ3v) is 4.46. The van der Waals surface area contributed by atoms with Crippen LogP contribution in [0, 0.1) is 13.8 Å². The summed E-state index contributed by atoms with van der Waals surface area (Å²) in [5.41, 5.74) is 4.06. The minimum Gasteiger partial charge on any atom is -0.361 e. The summed E-state index contributed by atoms with van der Waals surface area (Å²) in [5.74, 6) is 2.44. The number of benzene rings is 1. The first kappa shape index (κ1) is 16.6. The molecule has 0 aliphatic heterocycles. The maximum Gasteiger partial charge on any atom is 0.234 e. The summed E-state index contributed by atoms with van der Waals surface area (Å²) in [5, 5.41) is 6.87. The molecule has 0 saturated heterocycles. The van der Waals surface area contributed by atoms with Crippen molar-refractivity contribution in [2.75, 3.05) is 11.1 Å². The summed E-state index contributed by atoms with van der Waals surface area (Å²) in [6.07, 6.45) is 0. The van der Waals surface area contributed by atoms with E-state index in [9.17, 15) is 4.79 Å². The topological polar surface area (TPSA) is 55.1 Å². The molecule has 1 N–H and O–H groups in total. The van der Waals surface area contributed by atoms with E-state index in [1.807, 2.05) is 32.0 Å². The van der Waals surface area contributed by atoms with E-state index in [-0.39, 0.29) is 5.91 Å². The van der Waals surface area contributed by atoms with Gasteiger partial charge in [0.1, 0.15) is 5.76 Å². The minimum atomic E-state index is 0.0117. The smallest absolute Gasteiger partial charge is 0.234 e. The van der Waals surface area contributed by atoms with E-state index in [4.69, 9.17) is 4.52 Å². The number of nitrogens with zero attached hydrogens (tertiary/aromatic N) is 1. The normalized spacial score (nSPS) is 11.0. The number of thioether (sulfide) groups is 1. The molecular formula is C17H22N2O2S. The third kappa shape index (κ3) is 4.37. The highest BCUT2D eigenvalue weighted by Gasteiger charge is 2.10. The average molecular weight is 318 g/mol. The standard InChI is InChI=1S/C17H22N2O2S/c1-11(2)14-6-5-7-15(8-14)18-17(20)10-22-9-16-12(3)19-21-13(16)4/h5-8,11H,9-10H2,1-4H3,(H,18,20). The van der Waals surface area contributed by atoms with E-state index in [2.05, 4.69) is 30.4 Å². The zero-order valence-electron chi connectivity index (χ0n) is 13.5. The lowest BCUT2D eigenvalue weighted by molar-refractivity contribution is -0.113. The predicted molar refractivity (Wildman–Crippen MR) is 91.3 cm³/mol. The number of rotatable bonds is 6. The predicted octanol–water partition coefficient (Wildman–Crippen LogP) is 4.29. The Kier molecular flexibility index (Phi) is 5.66. The highest BCUT2D eigenvalue weighted by atomic mass is 32.2. The van der Waals surface area contributed by atoms with Crippen LogP contribution in [0.5, 0.6) is 0 Å². The lowest BCUT2D eigenvalue weighted by atomic mass is 10.0. The van der Waals surface area contributed by atoms with Gasteiger partial charge in [-0.05, 0) is 37.5 Å². The van der Waals surface area contributed by atoms with E-state index in [0.717, 1.165) is 28.5 Å². The molecule has 0 spiro atoms. The summed E-state index contributed by atoms with van der Waals surface area (Å²) in [4.78, 5) is 12.0. The maximum absolute atomic E-state index is 12.0. The van der Waals surface area contributed by atoms with Crippen molar-refractivity contribution in [2.45, 2.75) is 39.4 Å². The molecule has 2 rings (SSSR count). The van der Waals surface area contributed by atoms with Crippen LogP contribution in [-0.2, 0) is 10.5 Å². The van der Waals surface area contributed by atoms with Crippen LogP contribution in [0.3, 0.4) is 0 Å². The van der Waals surface area contributed by atoms with Gasteiger partial charge in [-0.2, -0.15) is 0 Å². The molecule has 0 saturated carbocycles. The Hall–Kier alpha value is -1.75. The number of hydrogen-bond donors (Lipinski definition) is 1. The summed E-state index contributed by atoms with van der Waals surface area (Å²) in [7, 11) is 0. The molecular weight excluding hydrogens is 296 g/mol. The lowest BCUT2D eigenvalue weighted by Gasteiger charge is -2.09. The van der Waals surface area contributed by atoms with Crippen LogP contribution in [0.15, 0.2) is 28.8 Å². The van der Waals surface area contributed by atoms with Crippen molar-refractivity contribution >= 4 is 23.4 Å². The third-order valence-electron chi connectivity index (χ3n) is 3.50. The van der Waals surface area contributed by atoms with Gasteiger partial charge < -0.3 is 9.84 Å². The largest absolute Gasteiger partial charge is 0.361 e. The van der Waals surface area contributed by atoms with Gasteiger partial charge in [-0.25, -0.2) is 0 Å². The van der Waals surface area contributed by atoms with Crippen molar-refractivity contribution in [1.82, 2.24) is 5.16 Å². The second-order valence-electron chi connectivity index (χ2n) is 5.62. The Morgan fingerprint density at radius 2 is 2.14 bits per heavy atom. The number of aromatic nitrogens is 1. The Balaban J connectivity index is 1.84.